The molecule has 0 unspecified atom stereocenters. The van der Waals surface area contributed by atoms with E-state index in [9.17, 15) is 12.8 Å². The molecule has 2 aromatic rings. The Labute approximate surface area is 122 Å². The lowest BCUT2D eigenvalue weighted by atomic mass is 10.1. The van der Waals surface area contributed by atoms with E-state index < -0.39 is 16.1 Å². The molecule has 21 heavy (non-hydrogen) atoms. The van der Waals surface area contributed by atoms with E-state index in [4.69, 9.17) is 5.26 Å². The molecule has 0 saturated heterocycles. The molecule has 0 aliphatic rings. The zero-order chi connectivity index (χ0) is 15.5. The van der Waals surface area contributed by atoms with Crippen molar-refractivity contribution in [3.05, 3.63) is 65.5 Å². The van der Waals surface area contributed by atoms with Crippen LogP contribution in [0.15, 0.2) is 53.4 Å². The highest BCUT2D eigenvalue weighted by atomic mass is 32.2. The Balaban J connectivity index is 2.20. The van der Waals surface area contributed by atoms with Crippen LogP contribution < -0.4 is 4.72 Å². The molecule has 2 aromatic carbocycles. The second kappa shape index (κ2) is 6.04. The number of hydrogen-bond acceptors (Lipinski definition) is 3. The first-order valence-corrected chi connectivity index (χ1v) is 7.68. The van der Waals surface area contributed by atoms with Gasteiger partial charge in [0.2, 0.25) is 10.0 Å². The van der Waals surface area contributed by atoms with E-state index in [-0.39, 0.29) is 10.7 Å². The molecule has 1 N–H and O–H groups in total. The summed E-state index contributed by atoms with van der Waals surface area (Å²) in [5.41, 5.74) is 1.05. The van der Waals surface area contributed by atoms with Crippen LogP contribution in [0.4, 0.5) is 4.39 Å². The number of benzene rings is 2. The van der Waals surface area contributed by atoms with Gasteiger partial charge in [-0.25, -0.2) is 17.5 Å². The first kappa shape index (κ1) is 15.2. The molecule has 108 valence electrons. The minimum Gasteiger partial charge on any atom is -0.207 e. The predicted octanol–water partition coefficient (Wildman–Crippen LogP) is 2.74. The summed E-state index contributed by atoms with van der Waals surface area (Å²) in [4.78, 5) is 0.0791. The summed E-state index contributed by atoms with van der Waals surface area (Å²) in [6.45, 7) is 1.68. The Hall–Kier alpha value is -2.23. The summed E-state index contributed by atoms with van der Waals surface area (Å²) in [7, 11) is -3.70. The van der Waals surface area contributed by atoms with E-state index in [0.717, 1.165) is 0 Å². The molecule has 0 fully saturated rings. The number of nitriles is 1. The van der Waals surface area contributed by atoms with Gasteiger partial charge in [0.05, 0.1) is 16.5 Å². The van der Waals surface area contributed by atoms with Crippen molar-refractivity contribution in [2.75, 3.05) is 0 Å². The monoisotopic (exact) mass is 304 g/mol. The molecule has 1 atom stereocenters. The highest BCUT2D eigenvalue weighted by Gasteiger charge is 2.18. The molecular weight excluding hydrogens is 291 g/mol. The van der Waals surface area contributed by atoms with Crippen molar-refractivity contribution in [2.45, 2.75) is 17.9 Å². The van der Waals surface area contributed by atoms with Gasteiger partial charge in [0.25, 0.3) is 0 Å². The molecule has 6 heteroatoms. The van der Waals surface area contributed by atoms with Gasteiger partial charge >= 0.3 is 0 Å². The molecule has 0 aliphatic carbocycles. The van der Waals surface area contributed by atoms with Crippen LogP contribution in [0.1, 0.15) is 24.1 Å². The molecule has 0 aromatic heterocycles. The van der Waals surface area contributed by atoms with Crippen molar-refractivity contribution < 1.29 is 12.8 Å². The Morgan fingerprint density at radius 1 is 1.10 bits per heavy atom. The summed E-state index contributed by atoms with van der Waals surface area (Å²) in [5, 5.41) is 8.70. The number of halogens is 1. The minimum absolute atomic E-state index is 0.0791. The maximum absolute atomic E-state index is 12.9. The van der Waals surface area contributed by atoms with Crippen LogP contribution in [0.2, 0.25) is 0 Å². The molecule has 0 bridgehead atoms. The van der Waals surface area contributed by atoms with Gasteiger partial charge in [0, 0.05) is 6.04 Å². The third-order valence-corrected chi connectivity index (χ3v) is 4.55. The normalized spacial score (nSPS) is 12.6. The lowest BCUT2D eigenvalue weighted by Gasteiger charge is -2.14. The van der Waals surface area contributed by atoms with Crippen LogP contribution in [-0.2, 0) is 10.0 Å². The van der Waals surface area contributed by atoms with Crippen LogP contribution in [0, 0.1) is 17.1 Å². The molecule has 0 heterocycles. The standard InChI is InChI=1S/C15H13FN2O2S/c1-11(13-4-6-14(16)7-5-13)18-21(19,20)15-8-2-12(10-17)3-9-15/h2-9,11,18H,1H3/t11-/m1/s1. The number of nitrogens with one attached hydrogen (secondary N) is 1. The van der Waals surface area contributed by atoms with Crippen molar-refractivity contribution in [3.8, 4) is 6.07 Å². The van der Waals surface area contributed by atoms with Gasteiger partial charge in [0.1, 0.15) is 5.82 Å². The molecule has 0 spiro atoms. The van der Waals surface area contributed by atoms with E-state index in [2.05, 4.69) is 4.72 Å². The molecule has 0 amide bonds. The summed E-state index contributed by atoms with van der Waals surface area (Å²) in [6, 6.07) is 12.7. The fraction of sp³-hybridized carbons (Fsp3) is 0.133. The van der Waals surface area contributed by atoms with Crippen LogP contribution >= 0.6 is 0 Å². The maximum atomic E-state index is 12.9. The number of sulfonamides is 1. The topological polar surface area (TPSA) is 70.0 Å². The second-order valence-electron chi connectivity index (χ2n) is 4.53. The first-order valence-electron chi connectivity index (χ1n) is 6.20. The zero-order valence-electron chi connectivity index (χ0n) is 11.2. The van der Waals surface area contributed by atoms with Gasteiger partial charge in [-0.3, -0.25) is 0 Å². The third-order valence-electron chi connectivity index (χ3n) is 3.00. The van der Waals surface area contributed by atoms with Gasteiger partial charge in [-0.05, 0) is 48.9 Å². The van der Waals surface area contributed by atoms with Gasteiger partial charge in [-0.15, -0.1) is 0 Å². The average Bonchev–Trinajstić information content (AvgIpc) is 2.47. The molecule has 0 radical (unpaired) electrons. The Morgan fingerprint density at radius 3 is 2.19 bits per heavy atom. The summed E-state index contributed by atoms with van der Waals surface area (Å²) in [5.74, 6) is -0.374. The van der Waals surface area contributed by atoms with Crippen LogP contribution in [0.3, 0.4) is 0 Å². The first-order chi connectivity index (χ1) is 9.92. The molecule has 2 rings (SSSR count). The van der Waals surface area contributed by atoms with Gasteiger partial charge < -0.3 is 0 Å². The largest absolute Gasteiger partial charge is 0.241 e. The fourth-order valence-corrected chi connectivity index (χ4v) is 3.06. The van der Waals surface area contributed by atoms with Gasteiger partial charge in [-0.2, -0.15) is 5.26 Å². The van der Waals surface area contributed by atoms with Crippen molar-refractivity contribution in [3.63, 3.8) is 0 Å². The van der Waals surface area contributed by atoms with Crippen molar-refractivity contribution in [1.82, 2.24) is 4.72 Å². The minimum atomic E-state index is -3.70. The summed E-state index contributed by atoms with van der Waals surface area (Å²) >= 11 is 0. The SMILES string of the molecule is C[C@@H](NS(=O)(=O)c1ccc(C#N)cc1)c1ccc(F)cc1. The second-order valence-corrected chi connectivity index (χ2v) is 6.24. The van der Waals surface area contributed by atoms with Crippen LogP contribution in [0.5, 0.6) is 0 Å². The van der Waals surface area contributed by atoms with Crippen molar-refractivity contribution in [1.29, 1.82) is 5.26 Å². The van der Waals surface area contributed by atoms with Crippen LogP contribution in [0.25, 0.3) is 0 Å². The molecular formula is C15H13FN2O2S. The van der Waals surface area contributed by atoms with Crippen molar-refractivity contribution >= 4 is 10.0 Å². The van der Waals surface area contributed by atoms with Gasteiger partial charge in [0.15, 0.2) is 0 Å². The Bertz CT molecular complexity index is 763. The van der Waals surface area contributed by atoms with E-state index >= 15 is 0 Å². The predicted molar refractivity (Wildman–Crippen MR) is 76.3 cm³/mol. The quantitative estimate of drug-likeness (QED) is 0.944. The van der Waals surface area contributed by atoms with Crippen molar-refractivity contribution in [2.24, 2.45) is 0 Å². The number of hydrogen-bond donors (Lipinski definition) is 1. The average molecular weight is 304 g/mol. The Morgan fingerprint density at radius 2 is 1.67 bits per heavy atom. The summed E-state index contributed by atoms with van der Waals surface area (Å²) < 4.78 is 39.8. The van der Waals surface area contributed by atoms with E-state index in [1.165, 1.54) is 48.5 Å². The Kier molecular flexibility index (Phi) is 4.36. The highest BCUT2D eigenvalue weighted by molar-refractivity contribution is 7.89. The third kappa shape index (κ3) is 3.66. The molecule has 4 nitrogen and oxygen atoms in total. The van der Waals surface area contributed by atoms with Crippen LogP contribution in [-0.4, -0.2) is 8.42 Å². The highest BCUT2D eigenvalue weighted by Crippen LogP contribution is 2.17. The van der Waals surface area contributed by atoms with E-state index in [1.54, 1.807) is 6.92 Å². The van der Waals surface area contributed by atoms with E-state index in [0.29, 0.717) is 11.1 Å². The number of rotatable bonds is 4. The fourth-order valence-electron chi connectivity index (χ4n) is 1.83. The molecule has 0 aliphatic heterocycles. The lowest BCUT2D eigenvalue weighted by molar-refractivity contribution is 0.566. The maximum Gasteiger partial charge on any atom is 0.241 e. The van der Waals surface area contributed by atoms with E-state index in [1.807, 2.05) is 6.07 Å². The number of nitrogens with zero attached hydrogens (tertiary/aromatic N) is 1. The molecule has 0 saturated carbocycles. The lowest BCUT2D eigenvalue weighted by Crippen LogP contribution is -2.26. The summed E-state index contributed by atoms with van der Waals surface area (Å²) in [6.07, 6.45) is 0. The van der Waals surface area contributed by atoms with Gasteiger partial charge in [-0.1, -0.05) is 12.1 Å². The smallest absolute Gasteiger partial charge is 0.207 e. The zero-order valence-corrected chi connectivity index (χ0v) is 12.1.